The van der Waals surface area contributed by atoms with Crippen LogP contribution in [0.4, 0.5) is 0 Å². The van der Waals surface area contributed by atoms with Crippen LogP contribution in [0.5, 0.6) is 0 Å². The van der Waals surface area contributed by atoms with Crippen molar-refractivity contribution in [2.75, 3.05) is 12.9 Å². The number of carbonyl (C=O) groups excluding carboxylic acids is 1. The molecule has 0 radical (unpaired) electrons. The Labute approximate surface area is 118 Å². The van der Waals surface area contributed by atoms with E-state index in [1.54, 1.807) is 0 Å². The van der Waals surface area contributed by atoms with Crippen molar-refractivity contribution in [3.8, 4) is 0 Å². The number of hydrogen-bond acceptors (Lipinski definition) is 5. The Hall–Kier alpha value is -1.40. The summed E-state index contributed by atoms with van der Waals surface area (Å²) in [6.07, 6.45) is 1.37. The number of fused-ring (bicyclic) bond motifs is 3. The molecule has 20 heavy (non-hydrogen) atoms. The van der Waals surface area contributed by atoms with E-state index in [1.165, 1.54) is 7.11 Å². The molecule has 6 heteroatoms. The SMILES string of the molecule is COC(=O)C1CS(=O)(=O)C2CCc3ccccc3C2N1. The van der Waals surface area contributed by atoms with Crippen molar-refractivity contribution in [3.05, 3.63) is 35.4 Å². The van der Waals surface area contributed by atoms with Crippen molar-refractivity contribution >= 4 is 15.8 Å². The van der Waals surface area contributed by atoms with Gasteiger partial charge >= 0.3 is 5.97 Å². The number of benzene rings is 1. The zero-order chi connectivity index (χ0) is 14.3. The van der Waals surface area contributed by atoms with Crippen LogP contribution in [0.2, 0.25) is 0 Å². The van der Waals surface area contributed by atoms with Gasteiger partial charge in [-0.25, -0.2) is 8.42 Å². The van der Waals surface area contributed by atoms with Crippen LogP contribution in [0.25, 0.3) is 0 Å². The molecule has 0 bridgehead atoms. The van der Waals surface area contributed by atoms with Crippen LogP contribution in [0.3, 0.4) is 0 Å². The van der Waals surface area contributed by atoms with E-state index in [0.29, 0.717) is 6.42 Å². The fourth-order valence-electron chi connectivity index (χ4n) is 3.21. The summed E-state index contributed by atoms with van der Waals surface area (Å²) >= 11 is 0. The van der Waals surface area contributed by atoms with Crippen LogP contribution in [0.1, 0.15) is 23.6 Å². The largest absolute Gasteiger partial charge is 0.468 e. The smallest absolute Gasteiger partial charge is 0.323 e. The Bertz CT molecular complexity index is 640. The maximum Gasteiger partial charge on any atom is 0.323 e. The summed E-state index contributed by atoms with van der Waals surface area (Å²) in [5.41, 5.74) is 2.14. The first-order valence-electron chi connectivity index (χ1n) is 6.66. The lowest BCUT2D eigenvalue weighted by Gasteiger charge is -2.40. The van der Waals surface area contributed by atoms with Gasteiger partial charge in [-0.15, -0.1) is 0 Å². The summed E-state index contributed by atoms with van der Waals surface area (Å²) in [5.74, 6) is -0.696. The Balaban J connectivity index is 2.02. The number of methoxy groups -OCH3 is 1. The van der Waals surface area contributed by atoms with Gasteiger partial charge in [-0.3, -0.25) is 10.1 Å². The summed E-state index contributed by atoms with van der Waals surface area (Å²) in [6, 6.07) is 6.71. The van der Waals surface area contributed by atoms with E-state index in [-0.39, 0.29) is 11.8 Å². The van der Waals surface area contributed by atoms with Crippen LogP contribution in [-0.2, 0) is 25.8 Å². The van der Waals surface area contributed by atoms with Gasteiger partial charge in [0.05, 0.1) is 18.1 Å². The minimum atomic E-state index is -3.29. The third kappa shape index (κ3) is 2.13. The van der Waals surface area contributed by atoms with Crippen LogP contribution >= 0.6 is 0 Å². The minimum absolute atomic E-state index is 0.178. The topological polar surface area (TPSA) is 72.5 Å². The first-order valence-corrected chi connectivity index (χ1v) is 8.38. The normalized spacial score (nSPS) is 30.9. The maximum absolute atomic E-state index is 12.4. The molecule has 1 aromatic rings. The number of sulfone groups is 1. The predicted octanol–water partition coefficient (Wildman–Crippen LogP) is 0.602. The van der Waals surface area contributed by atoms with Gasteiger partial charge in [-0.2, -0.15) is 0 Å². The highest BCUT2D eigenvalue weighted by molar-refractivity contribution is 7.92. The third-order valence-electron chi connectivity index (χ3n) is 4.19. The standard InChI is InChI=1S/C14H17NO4S/c1-19-14(16)11-8-20(17,18)12-7-6-9-4-2-3-5-10(9)13(12)15-11/h2-5,11-13,15H,6-8H2,1H3. The second-order valence-corrected chi connectivity index (χ2v) is 7.59. The molecule has 0 amide bonds. The van der Waals surface area contributed by atoms with E-state index in [4.69, 9.17) is 0 Å². The molecule has 3 unspecified atom stereocenters. The quantitative estimate of drug-likeness (QED) is 0.768. The Morgan fingerprint density at radius 3 is 2.85 bits per heavy atom. The number of rotatable bonds is 1. The third-order valence-corrected chi connectivity index (χ3v) is 6.42. The lowest BCUT2D eigenvalue weighted by atomic mass is 9.86. The molecule has 5 nitrogen and oxygen atoms in total. The van der Waals surface area contributed by atoms with Gasteiger partial charge in [-0.05, 0) is 24.0 Å². The molecule has 1 fully saturated rings. The van der Waals surface area contributed by atoms with Crippen molar-refractivity contribution in [1.82, 2.24) is 5.32 Å². The molecule has 1 saturated heterocycles. The summed E-state index contributed by atoms with van der Waals surface area (Å²) in [4.78, 5) is 11.7. The van der Waals surface area contributed by atoms with Gasteiger partial charge in [0, 0.05) is 6.04 Å². The van der Waals surface area contributed by atoms with Crippen LogP contribution in [-0.4, -0.2) is 38.5 Å². The van der Waals surface area contributed by atoms with E-state index in [2.05, 4.69) is 10.1 Å². The van der Waals surface area contributed by atoms with Gasteiger partial charge in [0.15, 0.2) is 9.84 Å². The molecule has 108 valence electrons. The van der Waals surface area contributed by atoms with E-state index in [9.17, 15) is 13.2 Å². The number of aryl methyl sites for hydroxylation is 1. The first-order chi connectivity index (χ1) is 9.53. The molecular weight excluding hydrogens is 278 g/mol. The molecule has 0 spiro atoms. The lowest BCUT2D eigenvalue weighted by Crippen LogP contribution is -2.57. The van der Waals surface area contributed by atoms with E-state index in [1.807, 2.05) is 24.3 Å². The summed E-state index contributed by atoms with van der Waals surface area (Å²) in [5, 5.41) is 2.72. The molecular formula is C14H17NO4S. The van der Waals surface area contributed by atoms with Crippen molar-refractivity contribution in [1.29, 1.82) is 0 Å². The van der Waals surface area contributed by atoms with Gasteiger partial charge in [0.2, 0.25) is 0 Å². The fourth-order valence-corrected chi connectivity index (χ4v) is 5.27. The summed E-state index contributed by atoms with van der Waals surface area (Å²) < 4.78 is 29.5. The molecule has 1 aliphatic carbocycles. The molecule has 3 atom stereocenters. The number of esters is 1. The van der Waals surface area contributed by atoms with Crippen molar-refractivity contribution < 1.29 is 17.9 Å². The van der Waals surface area contributed by atoms with E-state index < -0.39 is 27.1 Å². The second kappa shape index (κ2) is 4.86. The molecule has 0 aromatic heterocycles. The molecule has 1 aliphatic heterocycles. The summed E-state index contributed by atoms with van der Waals surface area (Å²) in [6.45, 7) is 0. The second-order valence-electron chi connectivity index (χ2n) is 5.33. The van der Waals surface area contributed by atoms with Gasteiger partial charge in [0.25, 0.3) is 0 Å². The Morgan fingerprint density at radius 2 is 2.10 bits per heavy atom. The highest BCUT2D eigenvalue weighted by atomic mass is 32.2. The number of nitrogens with one attached hydrogen (secondary N) is 1. The van der Waals surface area contributed by atoms with Crippen LogP contribution in [0, 0.1) is 0 Å². The zero-order valence-electron chi connectivity index (χ0n) is 11.2. The summed E-state index contributed by atoms with van der Waals surface area (Å²) in [7, 11) is -2.02. The Morgan fingerprint density at radius 1 is 1.35 bits per heavy atom. The van der Waals surface area contributed by atoms with E-state index >= 15 is 0 Å². The lowest BCUT2D eigenvalue weighted by molar-refractivity contribution is -0.142. The van der Waals surface area contributed by atoms with Crippen molar-refractivity contribution in [3.63, 3.8) is 0 Å². The average molecular weight is 295 g/mol. The van der Waals surface area contributed by atoms with Gasteiger partial charge < -0.3 is 4.74 Å². The molecule has 1 aromatic carbocycles. The van der Waals surface area contributed by atoms with E-state index in [0.717, 1.165) is 17.5 Å². The van der Waals surface area contributed by atoms with Crippen molar-refractivity contribution in [2.45, 2.75) is 30.2 Å². The van der Waals surface area contributed by atoms with Crippen LogP contribution in [0.15, 0.2) is 24.3 Å². The maximum atomic E-state index is 12.4. The number of ether oxygens (including phenoxy) is 1. The first kappa shape index (κ1) is 13.6. The molecule has 3 rings (SSSR count). The average Bonchev–Trinajstić information content (AvgIpc) is 2.45. The van der Waals surface area contributed by atoms with Crippen molar-refractivity contribution in [2.24, 2.45) is 0 Å². The molecule has 1 heterocycles. The van der Waals surface area contributed by atoms with Crippen LogP contribution < -0.4 is 5.32 Å². The fraction of sp³-hybridized carbons (Fsp3) is 0.500. The highest BCUT2D eigenvalue weighted by Gasteiger charge is 2.46. The monoisotopic (exact) mass is 295 g/mol. The molecule has 0 saturated carbocycles. The predicted molar refractivity (Wildman–Crippen MR) is 74.0 cm³/mol. The van der Waals surface area contributed by atoms with Gasteiger partial charge in [0.1, 0.15) is 6.04 Å². The van der Waals surface area contributed by atoms with Gasteiger partial charge in [-0.1, -0.05) is 24.3 Å². The number of carbonyl (C=O) groups is 1. The minimum Gasteiger partial charge on any atom is -0.468 e. The Kier molecular flexibility index (Phi) is 3.30. The number of hydrogen-bond donors (Lipinski definition) is 1. The molecule has 2 aliphatic rings. The highest BCUT2D eigenvalue weighted by Crippen LogP contribution is 2.37. The molecule has 1 N–H and O–H groups in total. The zero-order valence-corrected chi connectivity index (χ0v) is 12.0.